The van der Waals surface area contributed by atoms with Gasteiger partial charge in [-0.05, 0) is 99.2 Å². The normalized spacial score (nSPS) is 29.9. The molecule has 0 bridgehead atoms. The molecule has 0 heterocycles. The Hall–Kier alpha value is -1.35. The Labute approximate surface area is 166 Å². The fraction of sp³-hybridized carbons (Fsp3) is 0.609. The Balaban J connectivity index is 1.50. The number of benzene rings is 1. The molecule has 1 aromatic carbocycles. The van der Waals surface area contributed by atoms with Crippen LogP contribution in [0.5, 0.6) is 0 Å². The maximum absolute atomic E-state index is 13.7. The molecule has 0 amide bonds. The van der Waals surface area contributed by atoms with Gasteiger partial charge in [-0.1, -0.05) is 23.7 Å². The Kier molecular flexibility index (Phi) is 6.97. The summed E-state index contributed by atoms with van der Waals surface area (Å²) >= 11 is 5.80. The van der Waals surface area contributed by atoms with Crippen LogP contribution in [0.1, 0.15) is 69.3 Å². The fourth-order valence-electron chi connectivity index (χ4n) is 5.38. The quantitative estimate of drug-likeness (QED) is 0.538. The molecular formula is C23H30ClFO2. The van der Waals surface area contributed by atoms with Gasteiger partial charge in [-0.25, -0.2) is 4.39 Å². The second-order valence-electron chi connectivity index (χ2n) is 8.43. The number of carboxylic acids is 1. The van der Waals surface area contributed by atoms with Crippen LogP contribution in [-0.2, 0) is 4.79 Å². The first kappa shape index (κ1) is 20.4. The monoisotopic (exact) mass is 392 g/mol. The molecule has 1 aromatic rings. The maximum Gasteiger partial charge on any atom is 0.307 e. The predicted molar refractivity (Wildman–Crippen MR) is 107 cm³/mol. The summed E-state index contributed by atoms with van der Waals surface area (Å²) in [6.07, 6.45) is 11.3. The minimum Gasteiger partial charge on any atom is -0.481 e. The zero-order chi connectivity index (χ0) is 19.4. The van der Waals surface area contributed by atoms with Crippen molar-refractivity contribution in [3.8, 4) is 0 Å². The lowest BCUT2D eigenvalue weighted by molar-refractivity contribution is -0.144. The molecule has 2 saturated carbocycles. The van der Waals surface area contributed by atoms with Gasteiger partial charge in [0.2, 0.25) is 0 Å². The molecular weight excluding hydrogens is 363 g/mol. The number of carbonyl (C=O) groups is 1. The lowest BCUT2D eigenvalue weighted by Gasteiger charge is -2.39. The van der Waals surface area contributed by atoms with Gasteiger partial charge in [0.15, 0.2) is 0 Å². The van der Waals surface area contributed by atoms with Crippen LogP contribution in [0.4, 0.5) is 4.39 Å². The van der Waals surface area contributed by atoms with Crippen molar-refractivity contribution >= 4 is 17.6 Å². The highest BCUT2D eigenvalue weighted by Gasteiger charge is 2.35. The SMILES string of the molecule is C=CCC(C(=O)O)C1CCC([C@H]2CC[C@H](c3ccc(Cl)c(F)c3)CC2)CC1. The van der Waals surface area contributed by atoms with Crippen LogP contribution >= 0.6 is 11.6 Å². The molecule has 2 fully saturated rings. The van der Waals surface area contributed by atoms with Crippen LogP contribution in [-0.4, -0.2) is 11.1 Å². The number of halogens is 2. The third-order valence-corrected chi connectivity index (χ3v) is 7.28. The van der Waals surface area contributed by atoms with Crippen molar-refractivity contribution in [2.75, 3.05) is 0 Å². The second-order valence-corrected chi connectivity index (χ2v) is 8.84. The van der Waals surface area contributed by atoms with E-state index in [1.54, 1.807) is 18.2 Å². The van der Waals surface area contributed by atoms with Crippen LogP contribution in [0, 0.1) is 29.5 Å². The highest BCUT2D eigenvalue weighted by atomic mass is 35.5. The van der Waals surface area contributed by atoms with Crippen molar-refractivity contribution in [1.29, 1.82) is 0 Å². The molecule has 3 rings (SSSR count). The molecule has 148 valence electrons. The fourth-order valence-corrected chi connectivity index (χ4v) is 5.50. The summed E-state index contributed by atoms with van der Waals surface area (Å²) in [5, 5.41) is 9.66. The summed E-state index contributed by atoms with van der Waals surface area (Å²) in [6.45, 7) is 3.71. The molecule has 1 atom stereocenters. The van der Waals surface area contributed by atoms with E-state index in [2.05, 4.69) is 6.58 Å². The number of hydrogen-bond acceptors (Lipinski definition) is 1. The van der Waals surface area contributed by atoms with Crippen LogP contribution in [0.3, 0.4) is 0 Å². The van der Waals surface area contributed by atoms with Crippen LogP contribution in [0.25, 0.3) is 0 Å². The average molecular weight is 393 g/mol. The van der Waals surface area contributed by atoms with Crippen molar-refractivity contribution < 1.29 is 14.3 Å². The van der Waals surface area contributed by atoms with Crippen LogP contribution in [0.15, 0.2) is 30.9 Å². The molecule has 4 heteroatoms. The standard InChI is InChI=1S/C23H30ClFO2/c1-2-3-20(23(26)27)18-10-8-16(9-11-18)15-4-6-17(7-5-15)19-12-13-21(24)22(25)14-19/h2,12-18,20H,1,3-11H2,(H,26,27)/t15-,16?,17-,18?,20?. The van der Waals surface area contributed by atoms with E-state index < -0.39 is 5.97 Å². The molecule has 0 saturated heterocycles. The average Bonchev–Trinajstić information content (AvgIpc) is 2.68. The van der Waals surface area contributed by atoms with Crippen molar-refractivity contribution in [1.82, 2.24) is 0 Å². The third-order valence-electron chi connectivity index (χ3n) is 6.98. The van der Waals surface area contributed by atoms with Gasteiger partial charge in [-0.15, -0.1) is 6.58 Å². The summed E-state index contributed by atoms with van der Waals surface area (Å²) in [7, 11) is 0. The highest BCUT2D eigenvalue weighted by Crippen LogP contribution is 2.45. The van der Waals surface area contributed by atoms with Gasteiger partial charge in [-0.3, -0.25) is 4.79 Å². The molecule has 0 aliphatic heterocycles. The van der Waals surface area contributed by atoms with Crippen molar-refractivity contribution in [2.24, 2.45) is 23.7 Å². The number of hydrogen-bond donors (Lipinski definition) is 1. The van der Waals surface area contributed by atoms with E-state index in [1.165, 1.54) is 12.8 Å². The molecule has 2 aliphatic rings. The first-order valence-corrected chi connectivity index (χ1v) is 10.7. The summed E-state index contributed by atoms with van der Waals surface area (Å²) in [5.74, 6) is 0.943. The van der Waals surface area contributed by atoms with E-state index in [0.717, 1.165) is 55.9 Å². The first-order chi connectivity index (χ1) is 13.0. The van der Waals surface area contributed by atoms with Gasteiger partial charge in [0, 0.05) is 0 Å². The van der Waals surface area contributed by atoms with Crippen molar-refractivity contribution in [3.05, 3.63) is 47.3 Å². The number of carboxylic acid groups (broad SMARTS) is 1. The Bertz CT molecular complexity index is 658. The van der Waals surface area contributed by atoms with Gasteiger partial charge < -0.3 is 5.11 Å². The van der Waals surface area contributed by atoms with Gasteiger partial charge >= 0.3 is 5.97 Å². The van der Waals surface area contributed by atoms with E-state index >= 15 is 0 Å². The Morgan fingerprint density at radius 3 is 2.26 bits per heavy atom. The second kappa shape index (κ2) is 9.23. The predicted octanol–water partition coefficient (Wildman–Crippen LogP) is 6.84. The summed E-state index contributed by atoms with van der Waals surface area (Å²) < 4.78 is 13.7. The molecule has 1 N–H and O–H groups in total. The summed E-state index contributed by atoms with van der Waals surface area (Å²) in [6, 6.07) is 5.24. The molecule has 0 radical (unpaired) electrons. The maximum atomic E-state index is 13.7. The molecule has 27 heavy (non-hydrogen) atoms. The number of allylic oxidation sites excluding steroid dienone is 1. The smallest absolute Gasteiger partial charge is 0.307 e. The van der Waals surface area contributed by atoms with E-state index in [0.29, 0.717) is 18.3 Å². The zero-order valence-electron chi connectivity index (χ0n) is 15.9. The molecule has 2 nitrogen and oxygen atoms in total. The number of rotatable bonds is 6. The zero-order valence-corrected chi connectivity index (χ0v) is 16.6. The van der Waals surface area contributed by atoms with Gasteiger partial charge in [0.05, 0.1) is 10.9 Å². The van der Waals surface area contributed by atoms with Gasteiger partial charge in [0.1, 0.15) is 5.82 Å². The van der Waals surface area contributed by atoms with E-state index in [4.69, 9.17) is 11.6 Å². The molecule has 0 spiro atoms. The minimum atomic E-state index is -0.672. The molecule has 0 aromatic heterocycles. The minimum absolute atomic E-state index is 0.195. The van der Waals surface area contributed by atoms with E-state index in [-0.39, 0.29) is 16.8 Å². The highest BCUT2D eigenvalue weighted by molar-refractivity contribution is 6.30. The van der Waals surface area contributed by atoms with E-state index in [9.17, 15) is 14.3 Å². The first-order valence-electron chi connectivity index (χ1n) is 10.3. The van der Waals surface area contributed by atoms with E-state index in [1.807, 2.05) is 6.07 Å². The van der Waals surface area contributed by atoms with Crippen molar-refractivity contribution in [2.45, 2.75) is 63.7 Å². The topological polar surface area (TPSA) is 37.3 Å². The molecule has 2 aliphatic carbocycles. The van der Waals surface area contributed by atoms with Gasteiger partial charge in [-0.2, -0.15) is 0 Å². The molecule has 1 unspecified atom stereocenters. The van der Waals surface area contributed by atoms with Crippen LogP contribution < -0.4 is 0 Å². The Morgan fingerprint density at radius 2 is 1.74 bits per heavy atom. The summed E-state index contributed by atoms with van der Waals surface area (Å²) in [5.41, 5.74) is 1.08. The Morgan fingerprint density at radius 1 is 1.15 bits per heavy atom. The summed E-state index contributed by atoms with van der Waals surface area (Å²) in [4.78, 5) is 11.5. The number of aliphatic carboxylic acids is 1. The third kappa shape index (κ3) is 4.93. The lowest BCUT2D eigenvalue weighted by Crippen LogP contribution is -2.30. The van der Waals surface area contributed by atoms with Gasteiger partial charge in [0.25, 0.3) is 0 Å². The van der Waals surface area contributed by atoms with Crippen molar-refractivity contribution in [3.63, 3.8) is 0 Å². The lowest BCUT2D eigenvalue weighted by atomic mass is 9.66. The van der Waals surface area contributed by atoms with Crippen LogP contribution in [0.2, 0.25) is 5.02 Å². The largest absolute Gasteiger partial charge is 0.481 e.